The summed E-state index contributed by atoms with van der Waals surface area (Å²) in [6, 6.07) is 3.80. The van der Waals surface area contributed by atoms with Crippen molar-refractivity contribution in [2.75, 3.05) is 34.6 Å². The van der Waals surface area contributed by atoms with Crippen LogP contribution in [0.2, 0.25) is 0 Å². The maximum atomic E-state index is 11.9. The first-order valence-electron chi connectivity index (χ1n) is 6.45. The highest BCUT2D eigenvalue weighted by molar-refractivity contribution is 5.74. The van der Waals surface area contributed by atoms with E-state index in [2.05, 4.69) is 5.32 Å². The van der Waals surface area contributed by atoms with Gasteiger partial charge in [0.15, 0.2) is 11.5 Å². The number of methoxy groups -OCH3 is 3. The van der Waals surface area contributed by atoms with Gasteiger partial charge in [-0.3, -0.25) is 0 Å². The summed E-state index contributed by atoms with van der Waals surface area (Å²) >= 11 is 0. The van der Waals surface area contributed by atoms with Gasteiger partial charge >= 0.3 is 6.03 Å². The van der Waals surface area contributed by atoms with E-state index in [0.717, 1.165) is 17.7 Å². The maximum Gasteiger partial charge on any atom is 0.319 e. The predicted octanol–water partition coefficient (Wildman–Crippen LogP) is 1.38. The minimum atomic E-state index is -0.118. The van der Waals surface area contributed by atoms with Crippen molar-refractivity contribution in [3.63, 3.8) is 0 Å². The van der Waals surface area contributed by atoms with Crippen molar-refractivity contribution in [3.8, 4) is 11.5 Å². The second kappa shape index (κ2) is 6.47. The smallest absolute Gasteiger partial charge is 0.319 e. The number of carbonyl (C=O) groups is 1. The Morgan fingerprint density at radius 1 is 1.20 bits per heavy atom. The molecule has 0 aromatic heterocycles. The zero-order valence-electron chi connectivity index (χ0n) is 12.1. The van der Waals surface area contributed by atoms with Crippen LogP contribution in [0.4, 0.5) is 4.79 Å². The number of ether oxygens (including phenoxy) is 3. The molecule has 0 saturated carbocycles. The second-order valence-electron chi connectivity index (χ2n) is 4.56. The van der Waals surface area contributed by atoms with E-state index in [1.54, 1.807) is 26.2 Å². The molecular weight excluding hydrogens is 260 g/mol. The van der Waals surface area contributed by atoms with Gasteiger partial charge in [0, 0.05) is 20.2 Å². The lowest BCUT2D eigenvalue weighted by atomic mass is 9.99. The van der Waals surface area contributed by atoms with Gasteiger partial charge in [-0.25, -0.2) is 4.79 Å². The van der Waals surface area contributed by atoms with Gasteiger partial charge in [-0.1, -0.05) is 0 Å². The predicted molar refractivity (Wildman–Crippen MR) is 74.1 cm³/mol. The summed E-state index contributed by atoms with van der Waals surface area (Å²) < 4.78 is 15.4. The van der Waals surface area contributed by atoms with E-state index in [0.29, 0.717) is 18.8 Å². The Labute approximate surface area is 118 Å². The van der Waals surface area contributed by atoms with Crippen LogP contribution in [-0.2, 0) is 17.7 Å². The summed E-state index contributed by atoms with van der Waals surface area (Å²) in [7, 11) is 4.77. The fraction of sp³-hybridized carbons (Fsp3) is 0.500. The molecule has 0 fully saturated rings. The number of hydrogen-bond donors (Lipinski definition) is 1. The quantitative estimate of drug-likeness (QED) is 0.846. The Hall–Kier alpha value is -1.95. The number of nitrogens with one attached hydrogen (secondary N) is 1. The Balaban J connectivity index is 2.15. The molecule has 0 spiro atoms. The van der Waals surface area contributed by atoms with Gasteiger partial charge in [0.2, 0.25) is 0 Å². The van der Waals surface area contributed by atoms with E-state index in [1.165, 1.54) is 5.56 Å². The largest absolute Gasteiger partial charge is 0.493 e. The molecule has 1 aromatic rings. The van der Waals surface area contributed by atoms with Gasteiger partial charge < -0.3 is 24.4 Å². The number of amides is 2. The van der Waals surface area contributed by atoms with Crippen molar-refractivity contribution >= 4 is 6.03 Å². The van der Waals surface area contributed by atoms with Gasteiger partial charge in [-0.2, -0.15) is 0 Å². The number of hydrogen-bond acceptors (Lipinski definition) is 4. The number of urea groups is 1. The Morgan fingerprint density at radius 3 is 2.45 bits per heavy atom. The minimum absolute atomic E-state index is 0.118. The highest BCUT2D eigenvalue weighted by Crippen LogP contribution is 2.33. The normalized spacial score (nSPS) is 13.7. The van der Waals surface area contributed by atoms with Crippen molar-refractivity contribution in [1.82, 2.24) is 10.2 Å². The topological polar surface area (TPSA) is 60.0 Å². The molecule has 1 N–H and O–H groups in total. The van der Waals surface area contributed by atoms with Crippen molar-refractivity contribution in [2.45, 2.75) is 13.0 Å². The molecule has 6 nitrogen and oxygen atoms in total. The zero-order chi connectivity index (χ0) is 14.5. The molecule has 0 aliphatic carbocycles. The van der Waals surface area contributed by atoms with Crippen LogP contribution in [0, 0.1) is 0 Å². The Kier molecular flexibility index (Phi) is 4.68. The summed E-state index contributed by atoms with van der Waals surface area (Å²) in [4.78, 5) is 13.7. The van der Waals surface area contributed by atoms with Gasteiger partial charge in [0.1, 0.15) is 6.73 Å². The third-order valence-electron chi connectivity index (χ3n) is 3.37. The first kappa shape index (κ1) is 14.5. The first-order chi connectivity index (χ1) is 9.69. The van der Waals surface area contributed by atoms with Crippen molar-refractivity contribution in [2.24, 2.45) is 0 Å². The van der Waals surface area contributed by atoms with E-state index >= 15 is 0 Å². The molecule has 110 valence electrons. The molecule has 1 aromatic carbocycles. The number of nitrogens with zero attached hydrogens (tertiary/aromatic N) is 1. The molecule has 0 radical (unpaired) electrons. The number of carbonyl (C=O) groups excluding carboxylic acids is 1. The van der Waals surface area contributed by atoms with Gasteiger partial charge in [-0.15, -0.1) is 0 Å². The molecule has 2 amide bonds. The van der Waals surface area contributed by atoms with E-state index < -0.39 is 0 Å². The van der Waals surface area contributed by atoms with E-state index in [-0.39, 0.29) is 12.8 Å². The molecule has 1 aliphatic heterocycles. The highest BCUT2D eigenvalue weighted by Gasteiger charge is 2.22. The zero-order valence-corrected chi connectivity index (χ0v) is 12.1. The molecule has 2 rings (SSSR count). The van der Waals surface area contributed by atoms with E-state index in [9.17, 15) is 4.79 Å². The van der Waals surface area contributed by atoms with Crippen LogP contribution >= 0.6 is 0 Å². The summed E-state index contributed by atoms with van der Waals surface area (Å²) in [5, 5.41) is 2.69. The number of rotatable bonds is 4. The van der Waals surface area contributed by atoms with Crippen LogP contribution in [0.5, 0.6) is 11.5 Å². The van der Waals surface area contributed by atoms with Gasteiger partial charge in [0.05, 0.1) is 14.2 Å². The monoisotopic (exact) mass is 280 g/mol. The summed E-state index contributed by atoms with van der Waals surface area (Å²) in [6.07, 6.45) is 0.802. The third kappa shape index (κ3) is 2.96. The Morgan fingerprint density at radius 2 is 1.85 bits per heavy atom. The van der Waals surface area contributed by atoms with Crippen LogP contribution in [0.15, 0.2) is 12.1 Å². The average molecular weight is 280 g/mol. The fourth-order valence-corrected chi connectivity index (χ4v) is 2.30. The molecular formula is C14H20N2O4. The number of fused-ring (bicyclic) bond motifs is 1. The minimum Gasteiger partial charge on any atom is -0.493 e. The molecule has 20 heavy (non-hydrogen) atoms. The third-order valence-corrected chi connectivity index (χ3v) is 3.37. The SMILES string of the molecule is COCNC(=O)N1CCc2cc(OC)c(OC)cc2C1. The molecule has 0 unspecified atom stereocenters. The fourth-order valence-electron chi connectivity index (χ4n) is 2.30. The van der Waals surface area contributed by atoms with Crippen LogP contribution in [-0.4, -0.2) is 45.5 Å². The van der Waals surface area contributed by atoms with Crippen molar-refractivity contribution in [3.05, 3.63) is 23.3 Å². The molecule has 1 aliphatic rings. The second-order valence-corrected chi connectivity index (χ2v) is 4.56. The molecule has 0 bridgehead atoms. The Bertz CT molecular complexity index is 490. The lowest BCUT2D eigenvalue weighted by Gasteiger charge is -2.29. The van der Waals surface area contributed by atoms with Gasteiger partial charge in [-0.05, 0) is 29.7 Å². The van der Waals surface area contributed by atoms with Crippen molar-refractivity contribution in [1.29, 1.82) is 0 Å². The lowest BCUT2D eigenvalue weighted by molar-refractivity contribution is 0.150. The van der Waals surface area contributed by atoms with E-state index in [4.69, 9.17) is 14.2 Å². The summed E-state index contributed by atoms with van der Waals surface area (Å²) in [6.45, 7) is 1.46. The van der Waals surface area contributed by atoms with Crippen LogP contribution in [0.25, 0.3) is 0 Å². The maximum absolute atomic E-state index is 11.9. The van der Waals surface area contributed by atoms with Crippen LogP contribution < -0.4 is 14.8 Å². The average Bonchev–Trinajstić information content (AvgIpc) is 2.50. The molecule has 6 heteroatoms. The lowest BCUT2D eigenvalue weighted by Crippen LogP contribution is -2.43. The first-order valence-corrected chi connectivity index (χ1v) is 6.45. The number of benzene rings is 1. The van der Waals surface area contributed by atoms with Crippen LogP contribution in [0.3, 0.4) is 0 Å². The van der Waals surface area contributed by atoms with Gasteiger partial charge in [0.25, 0.3) is 0 Å². The van der Waals surface area contributed by atoms with Crippen molar-refractivity contribution < 1.29 is 19.0 Å². The van der Waals surface area contributed by atoms with Crippen LogP contribution in [0.1, 0.15) is 11.1 Å². The summed E-state index contributed by atoms with van der Waals surface area (Å²) in [5.41, 5.74) is 2.28. The summed E-state index contributed by atoms with van der Waals surface area (Å²) in [5.74, 6) is 1.41. The standard InChI is InChI=1S/C14H20N2O4/c1-18-9-15-14(17)16-5-4-10-6-12(19-2)13(20-3)7-11(10)8-16/h6-7H,4-5,8-9H2,1-3H3,(H,15,17). The molecule has 0 saturated heterocycles. The molecule has 0 atom stereocenters. The highest BCUT2D eigenvalue weighted by atomic mass is 16.5. The van der Waals surface area contributed by atoms with E-state index in [1.807, 2.05) is 12.1 Å². The molecule has 1 heterocycles.